The number of esters is 1. The molecule has 10 heteroatoms. The zero-order valence-electron chi connectivity index (χ0n) is 17.0. The normalized spacial score (nSPS) is 10.9. The molecule has 0 bridgehead atoms. The zero-order chi connectivity index (χ0) is 20.8. The molecule has 0 heterocycles. The van der Waals surface area contributed by atoms with Gasteiger partial charge in [0.1, 0.15) is 0 Å². The number of rotatable bonds is 12. The van der Waals surface area contributed by atoms with Gasteiger partial charge in [0.25, 0.3) is 0 Å². The third-order valence-corrected chi connectivity index (χ3v) is 3.81. The van der Waals surface area contributed by atoms with Crippen molar-refractivity contribution in [2.24, 2.45) is 4.99 Å². The number of ether oxygens (including phenoxy) is 3. The molecule has 2 N–H and O–H groups in total. The zero-order valence-corrected chi connectivity index (χ0v) is 19.3. The summed E-state index contributed by atoms with van der Waals surface area (Å²) < 4.78 is 40.1. The lowest BCUT2D eigenvalue weighted by Crippen LogP contribution is -2.37. The molecular weight excluding hydrogens is 499 g/mol. The van der Waals surface area contributed by atoms with Gasteiger partial charge < -0.3 is 24.8 Å². The molecule has 0 aliphatic rings. The van der Waals surface area contributed by atoms with Crippen LogP contribution in [0.25, 0.3) is 0 Å². The van der Waals surface area contributed by atoms with Crippen molar-refractivity contribution in [1.82, 2.24) is 10.6 Å². The van der Waals surface area contributed by atoms with E-state index < -0.39 is 6.61 Å². The molecule has 0 atom stereocenters. The average molecular weight is 529 g/mol. The molecule has 0 saturated heterocycles. The first kappa shape index (κ1) is 27.1. The van der Waals surface area contributed by atoms with Gasteiger partial charge in [0.15, 0.2) is 17.5 Å². The Morgan fingerprint density at radius 3 is 2.59 bits per heavy atom. The molecule has 0 spiro atoms. The summed E-state index contributed by atoms with van der Waals surface area (Å²) in [6, 6.07) is 5.00. The van der Waals surface area contributed by atoms with Crippen LogP contribution >= 0.6 is 24.0 Å². The Labute approximate surface area is 187 Å². The smallest absolute Gasteiger partial charge is 0.387 e. The molecule has 0 unspecified atom stereocenters. The Hall–Kier alpha value is -1.85. The van der Waals surface area contributed by atoms with Crippen molar-refractivity contribution < 1.29 is 27.8 Å². The van der Waals surface area contributed by atoms with Crippen LogP contribution in [0.4, 0.5) is 8.78 Å². The molecule has 0 fully saturated rings. The van der Waals surface area contributed by atoms with Crippen LogP contribution in [-0.4, -0.2) is 45.8 Å². The highest BCUT2D eigenvalue weighted by molar-refractivity contribution is 14.0. The van der Waals surface area contributed by atoms with E-state index in [0.29, 0.717) is 31.1 Å². The minimum atomic E-state index is -2.94. The number of nitrogens with one attached hydrogen (secondary N) is 2. The number of carbonyl (C=O) groups excluding carboxylic acids is 1. The molecule has 166 valence electrons. The number of hydrogen-bond acceptors (Lipinski definition) is 5. The Bertz CT molecular complexity index is 633. The molecule has 1 aromatic rings. The number of alkyl halides is 2. The maximum atomic E-state index is 12.8. The molecule has 0 aromatic heterocycles. The van der Waals surface area contributed by atoms with E-state index in [-0.39, 0.29) is 48.0 Å². The number of guanidine groups is 1. The topological polar surface area (TPSA) is 81.2 Å². The van der Waals surface area contributed by atoms with Gasteiger partial charge in [0, 0.05) is 32.1 Å². The van der Waals surface area contributed by atoms with Gasteiger partial charge >= 0.3 is 12.6 Å². The summed E-state index contributed by atoms with van der Waals surface area (Å²) >= 11 is 0. The van der Waals surface area contributed by atoms with Crippen LogP contribution in [0.1, 0.15) is 38.2 Å². The molecule has 1 aromatic carbocycles. The van der Waals surface area contributed by atoms with E-state index in [1.807, 2.05) is 0 Å². The minimum absolute atomic E-state index is 0. The van der Waals surface area contributed by atoms with Gasteiger partial charge in [0.2, 0.25) is 0 Å². The number of carbonyl (C=O) groups is 1. The Morgan fingerprint density at radius 2 is 1.97 bits per heavy atom. The highest BCUT2D eigenvalue weighted by atomic mass is 127. The summed E-state index contributed by atoms with van der Waals surface area (Å²) in [7, 11) is 3.00. The predicted octanol–water partition coefficient (Wildman–Crippen LogP) is 3.70. The van der Waals surface area contributed by atoms with Gasteiger partial charge in [-0.3, -0.25) is 9.79 Å². The van der Waals surface area contributed by atoms with E-state index >= 15 is 0 Å². The highest BCUT2D eigenvalue weighted by Gasteiger charge is 2.16. The number of benzene rings is 1. The van der Waals surface area contributed by atoms with Crippen molar-refractivity contribution in [3.63, 3.8) is 0 Å². The summed E-state index contributed by atoms with van der Waals surface area (Å²) in [6.07, 6.45) is 2.91. The number of unbranched alkanes of at least 4 members (excludes halogenated alkanes) is 2. The molecule has 29 heavy (non-hydrogen) atoms. The van der Waals surface area contributed by atoms with E-state index in [1.54, 1.807) is 32.2 Å². The highest BCUT2D eigenvalue weighted by Crippen LogP contribution is 2.32. The van der Waals surface area contributed by atoms with Crippen LogP contribution in [0.2, 0.25) is 0 Å². The van der Waals surface area contributed by atoms with Crippen LogP contribution in [0.5, 0.6) is 11.5 Å². The van der Waals surface area contributed by atoms with Crippen molar-refractivity contribution in [1.29, 1.82) is 0 Å². The van der Waals surface area contributed by atoms with Crippen LogP contribution in [0, 0.1) is 0 Å². The monoisotopic (exact) mass is 529 g/mol. The van der Waals surface area contributed by atoms with Gasteiger partial charge in [-0.2, -0.15) is 8.78 Å². The third-order valence-electron chi connectivity index (χ3n) is 3.81. The standard InChI is InChI=1S/C19H29F2N3O4.HI/c1-4-27-15-10-8-9-14(17(15)28-18(20)21)13-24-19(22-2)23-12-7-5-6-11-16(25)26-3;/h8-10,18H,4-7,11-13H2,1-3H3,(H2,22,23,24);1H. The number of halogens is 3. The minimum Gasteiger partial charge on any atom is -0.490 e. The van der Waals surface area contributed by atoms with Gasteiger partial charge in [0.05, 0.1) is 13.7 Å². The maximum Gasteiger partial charge on any atom is 0.387 e. The molecule has 0 aliphatic carbocycles. The fourth-order valence-corrected chi connectivity index (χ4v) is 2.47. The SMILES string of the molecule is CCOc1cccc(CNC(=NC)NCCCCCC(=O)OC)c1OC(F)F.I. The number of nitrogens with zero attached hydrogens (tertiary/aromatic N) is 1. The molecule has 7 nitrogen and oxygen atoms in total. The molecule has 0 aliphatic heterocycles. The lowest BCUT2D eigenvalue weighted by molar-refractivity contribution is -0.140. The summed E-state index contributed by atoms with van der Waals surface area (Å²) in [4.78, 5) is 15.2. The largest absolute Gasteiger partial charge is 0.490 e. The second kappa shape index (κ2) is 16.0. The summed E-state index contributed by atoms with van der Waals surface area (Å²) in [5.41, 5.74) is 0.535. The van der Waals surface area contributed by atoms with E-state index in [2.05, 4.69) is 25.1 Å². The summed E-state index contributed by atoms with van der Waals surface area (Å²) in [5.74, 6) is 0.625. The molecule has 0 radical (unpaired) electrons. The molecular formula is C19H30F2IN3O4. The van der Waals surface area contributed by atoms with Crippen molar-refractivity contribution in [3.05, 3.63) is 23.8 Å². The number of methoxy groups -OCH3 is 1. The van der Waals surface area contributed by atoms with Crippen molar-refractivity contribution in [2.75, 3.05) is 27.3 Å². The van der Waals surface area contributed by atoms with Gasteiger partial charge in [-0.05, 0) is 25.8 Å². The van der Waals surface area contributed by atoms with Gasteiger partial charge in [-0.1, -0.05) is 18.6 Å². The van der Waals surface area contributed by atoms with Crippen molar-refractivity contribution in [2.45, 2.75) is 45.8 Å². The summed E-state index contributed by atoms with van der Waals surface area (Å²) in [6.45, 7) is 0.0809. The van der Waals surface area contributed by atoms with E-state index in [1.165, 1.54) is 7.11 Å². The summed E-state index contributed by atoms with van der Waals surface area (Å²) in [5, 5.41) is 6.22. The van der Waals surface area contributed by atoms with Crippen LogP contribution in [0.15, 0.2) is 23.2 Å². The first-order valence-corrected chi connectivity index (χ1v) is 9.22. The molecule has 0 saturated carbocycles. The van der Waals surface area contributed by atoms with Crippen molar-refractivity contribution in [3.8, 4) is 11.5 Å². The second-order valence-corrected chi connectivity index (χ2v) is 5.80. The predicted molar refractivity (Wildman–Crippen MR) is 118 cm³/mol. The van der Waals surface area contributed by atoms with Crippen molar-refractivity contribution >= 4 is 35.9 Å². The number of aliphatic imine (C=N–C) groups is 1. The fourth-order valence-electron chi connectivity index (χ4n) is 2.47. The first-order valence-electron chi connectivity index (χ1n) is 9.22. The average Bonchev–Trinajstić information content (AvgIpc) is 2.68. The van der Waals surface area contributed by atoms with Gasteiger partial charge in [-0.15, -0.1) is 24.0 Å². The number of hydrogen-bond donors (Lipinski definition) is 2. The quantitative estimate of drug-likeness (QED) is 0.141. The first-order chi connectivity index (χ1) is 13.5. The van der Waals surface area contributed by atoms with E-state index in [4.69, 9.17) is 4.74 Å². The number of para-hydroxylation sites is 1. The Kier molecular flexibility index (Phi) is 15.0. The third kappa shape index (κ3) is 11.1. The van der Waals surface area contributed by atoms with Crippen LogP contribution in [-0.2, 0) is 16.1 Å². The lowest BCUT2D eigenvalue weighted by atomic mass is 10.2. The molecule has 0 amide bonds. The maximum absolute atomic E-state index is 12.8. The lowest BCUT2D eigenvalue weighted by Gasteiger charge is -2.17. The Morgan fingerprint density at radius 1 is 1.21 bits per heavy atom. The van der Waals surface area contributed by atoms with Gasteiger partial charge in [-0.25, -0.2) is 0 Å². The van der Waals surface area contributed by atoms with Crippen LogP contribution < -0.4 is 20.1 Å². The van der Waals surface area contributed by atoms with E-state index in [9.17, 15) is 13.6 Å². The van der Waals surface area contributed by atoms with E-state index in [0.717, 1.165) is 19.3 Å². The second-order valence-electron chi connectivity index (χ2n) is 5.80. The van der Waals surface area contributed by atoms with Crippen LogP contribution in [0.3, 0.4) is 0 Å². The Balaban J connectivity index is 0.00000784. The fraction of sp³-hybridized carbons (Fsp3) is 0.579. The molecule has 1 rings (SSSR count).